The van der Waals surface area contributed by atoms with E-state index in [0.717, 1.165) is 0 Å². The molecule has 2 heterocycles. The Kier molecular flexibility index (Phi) is 5.65. The number of carbonyl (C=O) groups is 3. The van der Waals surface area contributed by atoms with E-state index in [2.05, 4.69) is 22.1 Å². The van der Waals surface area contributed by atoms with Crippen LogP contribution in [0, 0.1) is 5.92 Å². The Morgan fingerprint density at radius 1 is 1.31 bits per heavy atom. The summed E-state index contributed by atoms with van der Waals surface area (Å²) in [6, 6.07) is -0.143. The van der Waals surface area contributed by atoms with Gasteiger partial charge in [0.15, 0.2) is 0 Å². The van der Waals surface area contributed by atoms with Crippen LogP contribution in [0.1, 0.15) is 34.1 Å². The summed E-state index contributed by atoms with van der Waals surface area (Å²) in [5.74, 6) is -0.769. The van der Waals surface area contributed by atoms with Crippen LogP contribution in [0.2, 0.25) is 0 Å². The number of nitrogens with zero attached hydrogens (tertiary/aromatic N) is 2. The molecular formula is C18H30N4O4. The van der Waals surface area contributed by atoms with Crippen molar-refractivity contribution in [2.75, 3.05) is 26.2 Å². The largest absolute Gasteiger partial charge is 0.465 e. The van der Waals surface area contributed by atoms with Crippen LogP contribution in [-0.2, 0) is 9.59 Å². The molecule has 2 saturated heterocycles. The predicted octanol–water partition coefficient (Wildman–Crippen LogP) is 0.646. The van der Waals surface area contributed by atoms with Crippen LogP contribution < -0.4 is 10.6 Å². The highest BCUT2D eigenvalue weighted by Gasteiger charge is 2.58. The zero-order valence-electron chi connectivity index (χ0n) is 16.0. The van der Waals surface area contributed by atoms with Crippen molar-refractivity contribution in [3.05, 3.63) is 12.7 Å². The molecule has 2 aliphatic rings. The lowest BCUT2D eigenvalue weighted by atomic mass is 9.79. The van der Waals surface area contributed by atoms with Gasteiger partial charge in [0.1, 0.15) is 5.54 Å². The summed E-state index contributed by atoms with van der Waals surface area (Å²) in [6.45, 7) is 12.5. The molecule has 0 radical (unpaired) electrons. The van der Waals surface area contributed by atoms with Gasteiger partial charge in [0.2, 0.25) is 11.8 Å². The normalized spacial score (nSPS) is 29.0. The molecule has 0 aromatic rings. The third-order valence-electron chi connectivity index (χ3n) is 5.07. The average molecular weight is 366 g/mol. The molecular weight excluding hydrogens is 336 g/mol. The number of hydrogen-bond acceptors (Lipinski definition) is 4. The molecule has 8 nitrogen and oxygen atoms in total. The van der Waals surface area contributed by atoms with E-state index in [-0.39, 0.29) is 23.8 Å². The van der Waals surface area contributed by atoms with Gasteiger partial charge < -0.3 is 20.6 Å². The Hall–Kier alpha value is -2.09. The second-order valence-corrected chi connectivity index (χ2v) is 8.25. The molecule has 26 heavy (non-hydrogen) atoms. The van der Waals surface area contributed by atoms with Crippen molar-refractivity contribution in [2.45, 2.75) is 51.2 Å². The van der Waals surface area contributed by atoms with E-state index in [1.807, 2.05) is 20.8 Å². The monoisotopic (exact) mass is 366 g/mol. The molecule has 8 heteroatoms. The molecule has 0 spiro atoms. The lowest BCUT2D eigenvalue weighted by Gasteiger charge is -2.39. The molecule has 0 bridgehead atoms. The van der Waals surface area contributed by atoms with Gasteiger partial charge in [0.25, 0.3) is 0 Å². The molecule has 3 atom stereocenters. The van der Waals surface area contributed by atoms with Crippen molar-refractivity contribution in [1.82, 2.24) is 20.4 Å². The molecule has 0 aliphatic carbocycles. The first-order chi connectivity index (χ1) is 12.0. The van der Waals surface area contributed by atoms with E-state index in [9.17, 15) is 19.5 Å². The lowest BCUT2D eigenvalue weighted by molar-refractivity contribution is -0.135. The third kappa shape index (κ3) is 4.00. The molecule has 0 aromatic carbocycles. The lowest BCUT2D eigenvalue weighted by Crippen LogP contribution is -2.66. The van der Waals surface area contributed by atoms with Gasteiger partial charge in [-0.05, 0) is 27.2 Å². The first-order valence-electron chi connectivity index (χ1n) is 8.94. The first kappa shape index (κ1) is 20.2. The van der Waals surface area contributed by atoms with Crippen LogP contribution >= 0.6 is 0 Å². The van der Waals surface area contributed by atoms with Gasteiger partial charge in [-0.1, -0.05) is 6.08 Å². The topological polar surface area (TPSA) is 102 Å². The first-order valence-corrected chi connectivity index (χ1v) is 8.94. The molecule has 146 valence electrons. The van der Waals surface area contributed by atoms with E-state index in [4.69, 9.17) is 0 Å². The minimum atomic E-state index is -1.10. The molecule has 2 fully saturated rings. The highest BCUT2D eigenvalue weighted by atomic mass is 16.4. The van der Waals surface area contributed by atoms with Gasteiger partial charge >= 0.3 is 6.09 Å². The molecule has 3 unspecified atom stereocenters. The fourth-order valence-corrected chi connectivity index (χ4v) is 4.10. The third-order valence-corrected chi connectivity index (χ3v) is 5.07. The maximum absolute atomic E-state index is 13.2. The van der Waals surface area contributed by atoms with Gasteiger partial charge in [-0.15, -0.1) is 6.58 Å². The van der Waals surface area contributed by atoms with Crippen molar-refractivity contribution < 1.29 is 19.5 Å². The standard InChI is InChI=1S/C18H30N4O4/c1-6-7-13-14-10-21(16(25)26)8-9-22(14)11-18(13,19-12(2)23)15(24)20-17(3,4)5/h6,13-14H,1,7-11H2,2-5H3,(H,19,23)(H,20,24)(H,25,26). The number of amides is 3. The Bertz CT molecular complexity index is 600. The van der Waals surface area contributed by atoms with Crippen molar-refractivity contribution in [1.29, 1.82) is 0 Å². The van der Waals surface area contributed by atoms with Crippen LogP contribution in [0.15, 0.2) is 12.7 Å². The summed E-state index contributed by atoms with van der Waals surface area (Å²) < 4.78 is 0. The van der Waals surface area contributed by atoms with Gasteiger partial charge in [-0.3, -0.25) is 14.5 Å². The molecule has 0 saturated carbocycles. The maximum Gasteiger partial charge on any atom is 0.407 e. The van der Waals surface area contributed by atoms with Crippen LogP contribution in [-0.4, -0.2) is 76.1 Å². The van der Waals surface area contributed by atoms with Crippen molar-refractivity contribution >= 4 is 17.9 Å². The second kappa shape index (κ2) is 7.26. The van der Waals surface area contributed by atoms with Crippen molar-refractivity contribution in [3.63, 3.8) is 0 Å². The number of nitrogens with one attached hydrogen (secondary N) is 2. The summed E-state index contributed by atoms with van der Waals surface area (Å²) in [5, 5.41) is 15.3. The molecule has 3 amide bonds. The average Bonchev–Trinajstić information content (AvgIpc) is 2.79. The number of carbonyl (C=O) groups excluding carboxylic acids is 2. The van der Waals surface area contributed by atoms with E-state index >= 15 is 0 Å². The number of piperazine rings is 1. The fourth-order valence-electron chi connectivity index (χ4n) is 4.10. The van der Waals surface area contributed by atoms with Crippen LogP contribution in [0.3, 0.4) is 0 Å². The van der Waals surface area contributed by atoms with Crippen molar-refractivity contribution in [3.8, 4) is 0 Å². The minimum absolute atomic E-state index is 0.143. The Balaban J connectivity index is 2.41. The van der Waals surface area contributed by atoms with Gasteiger partial charge in [0, 0.05) is 50.6 Å². The Morgan fingerprint density at radius 3 is 2.46 bits per heavy atom. The smallest absolute Gasteiger partial charge is 0.407 e. The number of allylic oxidation sites excluding steroid dienone is 1. The Labute approximate surface area is 154 Å². The fraction of sp³-hybridized carbons (Fsp3) is 0.722. The molecule has 2 rings (SSSR count). The highest BCUT2D eigenvalue weighted by molar-refractivity contribution is 5.92. The highest BCUT2D eigenvalue weighted by Crippen LogP contribution is 2.38. The van der Waals surface area contributed by atoms with Crippen LogP contribution in [0.5, 0.6) is 0 Å². The van der Waals surface area contributed by atoms with Gasteiger partial charge in [-0.2, -0.15) is 0 Å². The van der Waals surface area contributed by atoms with Gasteiger partial charge in [0.05, 0.1) is 0 Å². The second-order valence-electron chi connectivity index (χ2n) is 8.25. The molecule has 3 N–H and O–H groups in total. The zero-order valence-corrected chi connectivity index (χ0v) is 16.0. The van der Waals surface area contributed by atoms with E-state index in [1.165, 1.54) is 11.8 Å². The van der Waals surface area contributed by atoms with Crippen LogP contribution in [0.4, 0.5) is 4.79 Å². The van der Waals surface area contributed by atoms with Crippen molar-refractivity contribution in [2.24, 2.45) is 5.92 Å². The summed E-state index contributed by atoms with van der Waals surface area (Å²) in [5.41, 5.74) is -1.55. The van der Waals surface area contributed by atoms with E-state index in [0.29, 0.717) is 32.6 Å². The van der Waals surface area contributed by atoms with Gasteiger partial charge in [-0.25, -0.2) is 4.79 Å². The number of hydrogen-bond donors (Lipinski definition) is 3. The van der Waals surface area contributed by atoms with E-state index in [1.54, 1.807) is 6.08 Å². The predicted molar refractivity (Wildman–Crippen MR) is 97.7 cm³/mol. The summed E-state index contributed by atoms with van der Waals surface area (Å²) in [7, 11) is 0. The molecule has 2 aliphatic heterocycles. The van der Waals surface area contributed by atoms with Crippen LogP contribution in [0.25, 0.3) is 0 Å². The zero-order chi connectivity index (χ0) is 19.7. The van der Waals surface area contributed by atoms with E-state index < -0.39 is 17.2 Å². The number of fused-ring (bicyclic) bond motifs is 1. The Morgan fingerprint density at radius 2 is 1.96 bits per heavy atom. The molecule has 0 aromatic heterocycles. The summed E-state index contributed by atoms with van der Waals surface area (Å²) in [6.07, 6.45) is 1.28. The quantitative estimate of drug-likeness (QED) is 0.634. The summed E-state index contributed by atoms with van der Waals surface area (Å²) in [4.78, 5) is 40.1. The summed E-state index contributed by atoms with van der Waals surface area (Å²) >= 11 is 0. The SMILES string of the molecule is C=CCC1C2CN(C(=O)O)CCN2CC1(NC(C)=O)C(=O)NC(C)(C)C. The maximum atomic E-state index is 13.2. The minimum Gasteiger partial charge on any atom is -0.465 e. The number of rotatable bonds is 4. The number of carboxylic acid groups (broad SMARTS) is 1.